The van der Waals surface area contributed by atoms with Gasteiger partial charge >= 0.3 is 6.03 Å². The molecule has 4 rings (SSSR count). The lowest BCUT2D eigenvalue weighted by atomic mass is 9.93. The van der Waals surface area contributed by atoms with Gasteiger partial charge in [0.1, 0.15) is 0 Å². The molecule has 4 nitrogen and oxygen atoms in total. The number of rotatable bonds is 3. The van der Waals surface area contributed by atoms with Crippen molar-refractivity contribution in [2.75, 3.05) is 9.80 Å². The number of urea groups is 1. The maximum absolute atomic E-state index is 13.6. The number of carbonyl (C=O) groups excluding carboxylic acids is 1. The van der Waals surface area contributed by atoms with Gasteiger partial charge < -0.3 is 5.11 Å². The first kappa shape index (κ1) is 20.1. The van der Waals surface area contributed by atoms with E-state index in [0.717, 1.165) is 20.2 Å². The Morgan fingerprint density at radius 1 is 0.897 bits per heavy atom. The Morgan fingerprint density at radius 2 is 1.45 bits per heavy atom. The topological polar surface area (TPSA) is 43.8 Å². The molecule has 3 aromatic rings. The molecule has 0 radical (unpaired) electrons. The van der Waals surface area contributed by atoms with Gasteiger partial charge in [-0.1, -0.05) is 61.7 Å². The molecule has 2 atom stereocenters. The number of hydrogen-bond acceptors (Lipinski definition) is 2. The molecule has 0 aromatic heterocycles. The molecule has 0 spiro atoms. The largest absolute Gasteiger partial charge is 0.365 e. The average Bonchev–Trinajstić information content (AvgIpc) is 2.90. The first-order valence-corrected chi connectivity index (χ1v) is 10.8. The van der Waals surface area contributed by atoms with E-state index in [4.69, 9.17) is 0 Å². The van der Waals surface area contributed by atoms with Crippen molar-refractivity contribution in [3.05, 3.63) is 92.9 Å². The Morgan fingerprint density at radius 3 is 2.00 bits per heavy atom. The highest BCUT2D eigenvalue weighted by Gasteiger charge is 2.56. The monoisotopic (exact) mass is 514 g/mol. The molecule has 0 aliphatic carbocycles. The first-order chi connectivity index (χ1) is 13.8. The summed E-state index contributed by atoms with van der Waals surface area (Å²) in [6.07, 6.45) is 0. The number of carbonyl (C=O) groups is 1. The van der Waals surface area contributed by atoms with Crippen molar-refractivity contribution in [3.8, 4) is 0 Å². The third kappa shape index (κ3) is 3.39. The maximum atomic E-state index is 13.6. The summed E-state index contributed by atoms with van der Waals surface area (Å²) in [7, 11) is 0. The van der Waals surface area contributed by atoms with Crippen LogP contribution in [-0.4, -0.2) is 17.2 Å². The van der Waals surface area contributed by atoms with Crippen LogP contribution in [0.15, 0.2) is 81.7 Å². The fourth-order valence-electron chi connectivity index (χ4n) is 3.86. The molecular weight excluding hydrogens is 496 g/mol. The van der Waals surface area contributed by atoms with Gasteiger partial charge in [-0.25, -0.2) is 4.79 Å². The van der Waals surface area contributed by atoms with E-state index in [9.17, 15) is 9.90 Å². The quantitative estimate of drug-likeness (QED) is 0.451. The average molecular weight is 516 g/mol. The second kappa shape index (κ2) is 7.59. The molecule has 1 N–H and O–H groups in total. The number of nitrogens with zero attached hydrogens (tertiary/aromatic N) is 2. The Labute approximate surface area is 187 Å². The van der Waals surface area contributed by atoms with Crippen LogP contribution in [0.1, 0.15) is 18.1 Å². The molecule has 2 amide bonds. The second-order valence-electron chi connectivity index (χ2n) is 7.21. The van der Waals surface area contributed by atoms with Gasteiger partial charge in [0, 0.05) is 25.9 Å². The third-order valence-electron chi connectivity index (χ3n) is 5.34. The molecular formula is C23H20Br2N2O2. The number of amides is 2. The Kier molecular flexibility index (Phi) is 5.27. The summed E-state index contributed by atoms with van der Waals surface area (Å²) in [4.78, 5) is 16.8. The first-order valence-electron chi connectivity index (χ1n) is 9.26. The van der Waals surface area contributed by atoms with Crippen molar-refractivity contribution >= 4 is 49.3 Å². The lowest BCUT2D eigenvalue weighted by Gasteiger charge is -2.36. The lowest BCUT2D eigenvalue weighted by Crippen LogP contribution is -2.48. The highest BCUT2D eigenvalue weighted by atomic mass is 79.9. The Balaban J connectivity index is 1.90. The van der Waals surface area contributed by atoms with E-state index in [1.165, 1.54) is 4.90 Å². The van der Waals surface area contributed by atoms with Gasteiger partial charge in [0.25, 0.3) is 0 Å². The smallest absolute Gasteiger partial charge is 0.332 e. The van der Waals surface area contributed by atoms with Crippen LogP contribution >= 0.6 is 31.9 Å². The van der Waals surface area contributed by atoms with Crippen molar-refractivity contribution in [2.24, 2.45) is 0 Å². The van der Waals surface area contributed by atoms with E-state index < -0.39 is 11.8 Å². The van der Waals surface area contributed by atoms with Gasteiger partial charge in [-0.15, -0.1) is 0 Å². The normalized spacial score (nSPS) is 21.7. The molecule has 29 heavy (non-hydrogen) atoms. The fraction of sp³-hybridized carbons (Fsp3) is 0.174. The standard InChI is InChI=1S/C23H20Br2N2O2/c1-15-4-3-5-17(14-15)23(29)16(2)26(20-10-6-18(24)7-11-20)22(28)27(23)21-12-8-19(25)9-13-21/h3-14,16,29H,1-2H3/t16-,23?/m1/s1. The summed E-state index contributed by atoms with van der Waals surface area (Å²) in [6.45, 7) is 3.85. The number of hydrogen-bond donors (Lipinski definition) is 1. The third-order valence-corrected chi connectivity index (χ3v) is 6.40. The number of aliphatic hydroxyl groups is 1. The molecule has 0 bridgehead atoms. The molecule has 1 aliphatic heterocycles. The summed E-state index contributed by atoms with van der Waals surface area (Å²) in [5.74, 6) is 0. The maximum Gasteiger partial charge on any atom is 0.332 e. The molecule has 1 unspecified atom stereocenters. The Hall–Kier alpha value is -2.15. The SMILES string of the molecule is Cc1cccc(C2(O)[C@@H](C)N(c3ccc(Br)cc3)C(=O)N2c2ccc(Br)cc2)c1. The minimum absolute atomic E-state index is 0.272. The predicted octanol–water partition coefficient (Wildman–Crippen LogP) is 6.20. The second-order valence-corrected chi connectivity index (χ2v) is 9.04. The minimum Gasteiger partial charge on any atom is -0.365 e. The van der Waals surface area contributed by atoms with E-state index in [1.807, 2.05) is 86.6 Å². The summed E-state index contributed by atoms with van der Waals surface area (Å²) < 4.78 is 1.84. The van der Waals surface area contributed by atoms with Crippen LogP contribution in [0.4, 0.5) is 16.2 Å². The van der Waals surface area contributed by atoms with Crippen molar-refractivity contribution in [1.29, 1.82) is 0 Å². The molecule has 1 heterocycles. The van der Waals surface area contributed by atoms with Gasteiger partial charge in [0.2, 0.25) is 0 Å². The molecule has 6 heteroatoms. The highest BCUT2D eigenvalue weighted by Crippen LogP contribution is 2.44. The summed E-state index contributed by atoms with van der Waals surface area (Å²) in [5.41, 5.74) is 1.55. The Bertz CT molecular complexity index is 1050. The molecule has 1 saturated heterocycles. The fourth-order valence-corrected chi connectivity index (χ4v) is 4.39. The van der Waals surface area contributed by atoms with Crippen molar-refractivity contribution in [1.82, 2.24) is 0 Å². The van der Waals surface area contributed by atoms with Crippen molar-refractivity contribution in [2.45, 2.75) is 25.6 Å². The van der Waals surface area contributed by atoms with E-state index >= 15 is 0 Å². The van der Waals surface area contributed by atoms with Gasteiger partial charge in [0.15, 0.2) is 5.72 Å². The van der Waals surface area contributed by atoms with Crippen molar-refractivity contribution < 1.29 is 9.90 Å². The van der Waals surface area contributed by atoms with E-state index in [2.05, 4.69) is 31.9 Å². The number of halogens is 2. The van der Waals surface area contributed by atoms with Crippen LogP contribution in [0.2, 0.25) is 0 Å². The van der Waals surface area contributed by atoms with E-state index in [0.29, 0.717) is 11.3 Å². The summed E-state index contributed by atoms with van der Waals surface area (Å²) >= 11 is 6.88. The highest BCUT2D eigenvalue weighted by molar-refractivity contribution is 9.10. The number of benzene rings is 3. The minimum atomic E-state index is -1.52. The van der Waals surface area contributed by atoms with Crippen LogP contribution in [0, 0.1) is 6.92 Å². The van der Waals surface area contributed by atoms with Crippen LogP contribution < -0.4 is 9.80 Å². The predicted molar refractivity (Wildman–Crippen MR) is 123 cm³/mol. The summed E-state index contributed by atoms with van der Waals surface area (Å²) in [5, 5.41) is 12.0. The zero-order valence-electron chi connectivity index (χ0n) is 16.0. The summed E-state index contributed by atoms with van der Waals surface area (Å²) in [6, 6.07) is 21.8. The lowest BCUT2D eigenvalue weighted by molar-refractivity contribution is 0.0371. The number of anilines is 2. The molecule has 148 valence electrons. The van der Waals surface area contributed by atoms with Gasteiger partial charge in [-0.05, 0) is 62.4 Å². The van der Waals surface area contributed by atoms with E-state index in [1.54, 1.807) is 4.90 Å². The molecule has 0 saturated carbocycles. The van der Waals surface area contributed by atoms with Crippen LogP contribution in [-0.2, 0) is 5.72 Å². The molecule has 1 aliphatic rings. The van der Waals surface area contributed by atoms with Crippen LogP contribution in [0.3, 0.4) is 0 Å². The number of aryl methyl sites for hydroxylation is 1. The van der Waals surface area contributed by atoms with E-state index in [-0.39, 0.29) is 6.03 Å². The van der Waals surface area contributed by atoms with Crippen molar-refractivity contribution in [3.63, 3.8) is 0 Å². The van der Waals surface area contributed by atoms with Crippen LogP contribution in [0.25, 0.3) is 0 Å². The van der Waals surface area contributed by atoms with Gasteiger partial charge in [0.05, 0.1) is 6.04 Å². The molecule has 3 aromatic carbocycles. The zero-order valence-corrected chi connectivity index (χ0v) is 19.2. The van der Waals surface area contributed by atoms with Gasteiger partial charge in [-0.3, -0.25) is 9.80 Å². The molecule has 1 fully saturated rings. The van der Waals surface area contributed by atoms with Gasteiger partial charge in [-0.2, -0.15) is 0 Å². The zero-order chi connectivity index (χ0) is 20.8. The van der Waals surface area contributed by atoms with Crippen LogP contribution in [0.5, 0.6) is 0 Å².